The fraction of sp³-hybridized carbons (Fsp3) is 0.630. The molecule has 0 aromatic carbocycles. The molecule has 5 heterocycles. The zero-order valence-electron chi connectivity index (χ0n) is 20.6. The van der Waals surface area contributed by atoms with E-state index in [1.165, 1.54) is 22.7 Å². The molecule has 0 spiro atoms. The summed E-state index contributed by atoms with van der Waals surface area (Å²) in [5.41, 5.74) is 8.10. The summed E-state index contributed by atoms with van der Waals surface area (Å²) in [7, 11) is 0. The first-order chi connectivity index (χ1) is 15.0. The van der Waals surface area contributed by atoms with Crippen LogP contribution in [0.5, 0.6) is 0 Å². The molecule has 3 atom stereocenters. The lowest BCUT2D eigenvalue weighted by atomic mass is 9.56. The van der Waals surface area contributed by atoms with Crippen molar-refractivity contribution in [3.63, 3.8) is 0 Å². The molecule has 0 saturated carbocycles. The second-order valence-corrected chi connectivity index (χ2v) is 11.5. The van der Waals surface area contributed by atoms with Gasteiger partial charge in [-0.25, -0.2) is 0 Å². The van der Waals surface area contributed by atoms with Crippen LogP contribution in [0.15, 0.2) is 49.3 Å². The van der Waals surface area contributed by atoms with Gasteiger partial charge >= 0.3 is 0 Å². The van der Waals surface area contributed by atoms with E-state index in [9.17, 15) is 5.26 Å². The minimum absolute atomic E-state index is 0.0728. The molecule has 8 bridgehead atoms. The van der Waals surface area contributed by atoms with Gasteiger partial charge in [0.05, 0.1) is 28.6 Å². The maximum Gasteiger partial charge on any atom is 0.103 e. The number of nitrogens with zero attached hydrogens (tertiary/aromatic N) is 4. The molecule has 0 radical (unpaired) electrons. The molecule has 1 fully saturated rings. The summed E-state index contributed by atoms with van der Waals surface area (Å²) in [4.78, 5) is 15.6. The highest BCUT2D eigenvalue weighted by molar-refractivity contribution is 6.08. The summed E-state index contributed by atoms with van der Waals surface area (Å²) in [6.07, 6.45) is 6.66. The number of rotatable bonds is 0. The summed E-state index contributed by atoms with van der Waals surface area (Å²) in [6, 6.07) is 2.53. The van der Waals surface area contributed by atoms with Crippen LogP contribution in [0, 0.1) is 28.1 Å². The van der Waals surface area contributed by atoms with Crippen molar-refractivity contribution < 1.29 is 0 Å². The van der Waals surface area contributed by atoms with Gasteiger partial charge in [0.25, 0.3) is 0 Å². The normalized spacial score (nSPS) is 40.9. The van der Waals surface area contributed by atoms with Crippen LogP contribution in [-0.4, -0.2) is 28.7 Å². The van der Waals surface area contributed by atoms with Crippen molar-refractivity contribution >= 4 is 17.1 Å². The van der Waals surface area contributed by atoms with Crippen molar-refractivity contribution in [2.24, 2.45) is 31.7 Å². The Morgan fingerprint density at radius 2 is 1.88 bits per heavy atom. The Kier molecular flexibility index (Phi) is 4.52. The van der Waals surface area contributed by atoms with E-state index >= 15 is 0 Å². The molecular formula is C27H35N5. The molecule has 1 saturated heterocycles. The standard InChI is InChI=1S/C27H35N5/c1-15-12-18-13-17-8-9-20(29-17)19(14-28)21-10-11-22(31-21)27(7)26(5,6)25(3,4)24(32-27)16(2)23(15)30-18/h13,15,22,30H,8-12H2,1-7H3/b18-13-,20-19-,23-16-. The van der Waals surface area contributed by atoms with Crippen LogP contribution in [0.1, 0.15) is 80.6 Å². The highest BCUT2D eigenvalue weighted by Gasteiger charge is 2.62. The lowest BCUT2D eigenvalue weighted by Gasteiger charge is -2.47. The third kappa shape index (κ3) is 2.71. The van der Waals surface area contributed by atoms with Gasteiger partial charge in [0, 0.05) is 39.6 Å². The molecule has 0 aliphatic carbocycles. The minimum Gasteiger partial charge on any atom is -0.362 e. The van der Waals surface area contributed by atoms with Crippen LogP contribution in [0.2, 0.25) is 0 Å². The van der Waals surface area contributed by atoms with E-state index < -0.39 is 0 Å². The van der Waals surface area contributed by atoms with Crippen LogP contribution in [0.25, 0.3) is 0 Å². The number of nitriles is 1. The number of aliphatic imine (C=N–C) groups is 3. The third-order valence-electron chi connectivity index (χ3n) is 9.38. The Bertz CT molecular complexity index is 1130. The first-order valence-electron chi connectivity index (χ1n) is 12.1. The average molecular weight is 430 g/mol. The summed E-state index contributed by atoms with van der Waals surface area (Å²) in [5.74, 6) is 0.422. The smallest absolute Gasteiger partial charge is 0.103 e. The summed E-state index contributed by atoms with van der Waals surface area (Å²) in [6.45, 7) is 16.2. The molecule has 3 unspecified atom stereocenters. The van der Waals surface area contributed by atoms with E-state index in [1.807, 2.05) is 0 Å². The van der Waals surface area contributed by atoms with Gasteiger partial charge in [-0.1, -0.05) is 34.6 Å². The average Bonchev–Trinajstić information content (AvgIpc) is 3.48. The van der Waals surface area contributed by atoms with Crippen molar-refractivity contribution in [1.82, 2.24) is 5.32 Å². The lowest BCUT2D eigenvalue weighted by molar-refractivity contribution is 0.0863. The lowest BCUT2D eigenvalue weighted by Crippen LogP contribution is -2.52. The van der Waals surface area contributed by atoms with Gasteiger partial charge in [-0.2, -0.15) is 5.26 Å². The monoisotopic (exact) mass is 429 g/mol. The topological polar surface area (TPSA) is 72.9 Å². The first kappa shape index (κ1) is 21.4. The van der Waals surface area contributed by atoms with Crippen LogP contribution in [0.4, 0.5) is 0 Å². The maximum absolute atomic E-state index is 10.0. The van der Waals surface area contributed by atoms with Gasteiger partial charge in [0.1, 0.15) is 6.07 Å². The zero-order chi connectivity index (χ0) is 23.1. The molecule has 1 N–H and O–H groups in total. The summed E-state index contributed by atoms with van der Waals surface area (Å²) >= 11 is 0. The van der Waals surface area contributed by atoms with Gasteiger partial charge in [0.15, 0.2) is 0 Å². The van der Waals surface area contributed by atoms with E-state index in [0.29, 0.717) is 11.5 Å². The summed E-state index contributed by atoms with van der Waals surface area (Å²) in [5, 5.41) is 13.7. The maximum atomic E-state index is 10.0. The van der Waals surface area contributed by atoms with Crippen molar-refractivity contribution in [2.45, 2.75) is 92.2 Å². The van der Waals surface area contributed by atoms with Crippen molar-refractivity contribution in [3.05, 3.63) is 34.3 Å². The van der Waals surface area contributed by atoms with Gasteiger partial charge in [-0.05, 0) is 57.6 Å². The number of nitrogens with one attached hydrogen (secondary N) is 1. The first-order valence-corrected chi connectivity index (χ1v) is 12.1. The quantitative estimate of drug-likeness (QED) is 0.539. The molecule has 0 aromatic rings. The molecule has 168 valence electrons. The fourth-order valence-electron chi connectivity index (χ4n) is 6.45. The largest absolute Gasteiger partial charge is 0.362 e. The highest BCUT2D eigenvalue weighted by atomic mass is 15.1. The number of hydrogen-bond donors (Lipinski definition) is 1. The predicted octanol–water partition coefficient (Wildman–Crippen LogP) is 5.67. The Balaban J connectivity index is 1.77. The molecular weight excluding hydrogens is 394 g/mol. The molecule has 32 heavy (non-hydrogen) atoms. The molecule has 5 rings (SSSR count). The van der Waals surface area contributed by atoms with E-state index in [-0.39, 0.29) is 22.4 Å². The van der Waals surface area contributed by atoms with Gasteiger partial charge in [-0.15, -0.1) is 0 Å². The number of allylic oxidation sites excluding steroid dienone is 6. The van der Waals surface area contributed by atoms with E-state index in [1.54, 1.807) is 0 Å². The molecule has 5 aliphatic rings. The van der Waals surface area contributed by atoms with Crippen LogP contribution < -0.4 is 5.32 Å². The Morgan fingerprint density at radius 3 is 2.59 bits per heavy atom. The van der Waals surface area contributed by atoms with E-state index in [4.69, 9.17) is 15.0 Å². The van der Waals surface area contributed by atoms with Gasteiger partial charge < -0.3 is 5.32 Å². The number of hydrogen-bond acceptors (Lipinski definition) is 5. The Morgan fingerprint density at radius 1 is 1.12 bits per heavy atom. The highest BCUT2D eigenvalue weighted by Crippen LogP contribution is 2.59. The molecule has 0 amide bonds. The molecule has 5 nitrogen and oxygen atoms in total. The van der Waals surface area contributed by atoms with Crippen LogP contribution in [-0.2, 0) is 0 Å². The van der Waals surface area contributed by atoms with Gasteiger partial charge in [0.2, 0.25) is 0 Å². The van der Waals surface area contributed by atoms with Gasteiger partial charge in [-0.3, -0.25) is 15.0 Å². The summed E-state index contributed by atoms with van der Waals surface area (Å²) < 4.78 is 0. The Labute approximate surface area is 192 Å². The van der Waals surface area contributed by atoms with Crippen molar-refractivity contribution in [3.8, 4) is 6.07 Å². The van der Waals surface area contributed by atoms with E-state index in [0.717, 1.165) is 49.2 Å². The zero-order valence-corrected chi connectivity index (χ0v) is 20.6. The fourth-order valence-corrected chi connectivity index (χ4v) is 6.45. The van der Waals surface area contributed by atoms with Crippen molar-refractivity contribution in [2.75, 3.05) is 0 Å². The second kappa shape index (κ2) is 6.76. The molecule has 5 aliphatic heterocycles. The second-order valence-electron chi connectivity index (χ2n) is 11.5. The third-order valence-corrected chi connectivity index (χ3v) is 9.38. The minimum atomic E-state index is -0.328. The molecule has 0 aromatic heterocycles. The molecule has 5 heteroatoms. The van der Waals surface area contributed by atoms with Crippen molar-refractivity contribution in [1.29, 1.82) is 5.26 Å². The van der Waals surface area contributed by atoms with Crippen LogP contribution in [0.3, 0.4) is 0 Å². The van der Waals surface area contributed by atoms with Crippen LogP contribution >= 0.6 is 0 Å². The Hall–Kier alpha value is -2.48. The SMILES string of the molecule is C/C1=C2/N/C(=C\C3=NC(=C(/C#N)C4=NC(CC4)C4(C)N=C1C(C)(C)C4(C)C)/CC3)CC2C. The number of fused-ring (bicyclic) bond motifs is 6. The predicted molar refractivity (Wildman–Crippen MR) is 131 cm³/mol. The van der Waals surface area contributed by atoms with E-state index in [2.05, 4.69) is 65.9 Å².